The van der Waals surface area contributed by atoms with Gasteiger partial charge < -0.3 is 15.7 Å². The summed E-state index contributed by atoms with van der Waals surface area (Å²) < 4.78 is 0. The lowest BCUT2D eigenvalue weighted by Gasteiger charge is -2.14. The largest absolute Gasteiger partial charge is 0.390 e. The highest BCUT2D eigenvalue weighted by molar-refractivity contribution is 6.18. The summed E-state index contributed by atoms with van der Waals surface area (Å²) in [7, 11) is 0. The summed E-state index contributed by atoms with van der Waals surface area (Å²) >= 11 is 5.55. The minimum absolute atomic E-state index is 0.0180. The van der Waals surface area contributed by atoms with E-state index >= 15 is 0 Å². The van der Waals surface area contributed by atoms with E-state index in [1.807, 2.05) is 39.0 Å². The van der Waals surface area contributed by atoms with E-state index in [9.17, 15) is 9.90 Å². The summed E-state index contributed by atoms with van der Waals surface area (Å²) in [6, 6.07) is 5.64. The Morgan fingerprint density at radius 2 is 2.11 bits per heavy atom. The van der Waals surface area contributed by atoms with Gasteiger partial charge in [-0.05, 0) is 24.6 Å². The summed E-state index contributed by atoms with van der Waals surface area (Å²) in [5.74, 6) is 0.113. The van der Waals surface area contributed by atoms with E-state index in [4.69, 9.17) is 11.6 Å². The number of aryl methyl sites for hydroxylation is 1. The van der Waals surface area contributed by atoms with Gasteiger partial charge in [0.1, 0.15) is 0 Å². The molecule has 0 aromatic heterocycles. The SMILES string of the molecule is Cc1ccc(NC(=O)C(C)C)cc1NCC(O)CCl. The summed E-state index contributed by atoms with van der Waals surface area (Å²) in [5, 5.41) is 15.4. The summed E-state index contributed by atoms with van der Waals surface area (Å²) in [6.07, 6.45) is -0.588. The molecular weight excluding hydrogens is 264 g/mol. The first kappa shape index (κ1) is 15.8. The molecule has 1 atom stereocenters. The maximum atomic E-state index is 11.6. The maximum absolute atomic E-state index is 11.6. The third kappa shape index (κ3) is 5.09. The first-order valence-corrected chi connectivity index (χ1v) is 6.87. The Morgan fingerprint density at radius 3 is 2.68 bits per heavy atom. The van der Waals surface area contributed by atoms with Crippen molar-refractivity contribution in [1.82, 2.24) is 0 Å². The second-order valence-electron chi connectivity index (χ2n) is 4.86. The number of anilines is 2. The van der Waals surface area contributed by atoms with E-state index in [0.29, 0.717) is 6.54 Å². The van der Waals surface area contributed by atoms with Gasteiger partial charge in [0.15, 0.2) is 0 Å². The van der Waals surface area contributed by atoms with Crippen molar-refractivity contribution in [3.05, 3.63) is 23.8 Å². The molecule has 0 bridgehead atoms. The van der Waals surface area contributed by atoms with Gasteiger partial charge in [-0.3, -0.25) is 4.79 Å². The quantitative estimate of drug-likeness (QED) is 0.704. The van der Waals surface area contributed by atoms with E-state index < -0.39 is 6.10 Å². The number of aliphatic hydroxyl groups excluding tert-OH is 1. The molecule has 0 heterocycles. The highest BCUT2D eigenvalue weighted by atomic mass is 35.5. The van der Waals surface area contributed by atoms with Crippen LogP contribution in [0.5, 0.6) is 0 Å². The standard InChI is InChI=1S/C14H21ClN2O2/c1-9(2)14(19)17-11-5-4-10(3)13(6-11)16-8-12(18)7-15/h4-6,9,12,16,18H,7-8H2,1-3H3,(H,17,19). The van der Waals surface area contributed by atoms with Crippen molar-refractivity contribution < 1.29 is 9.90 Å². The Bertz CT molecular complexity index is 435. The molecule has 0 aliphatic rings. The summed E-state index contributed by atoms with van der Waals surface area (Å²) in [5.41, 5.74) is 2.67. The van der Waals surface area contributed by atoms with E-state index in [0.717, 1.165) is 16.9 Å². The van der Waals surface area contributed by atoms with E-state index in [1.54, 1.807) is 0 Å². The van der Waals surface area contributed by atoms with Gasteiger partial charge in [0.05, 0.1) is 12.0 Å². The minimum Gasteiger partial charge on any atom is -0.390 e. The molecule has 0 saturated heterocycles. The number of halogens is 1. The number of rotatable bonds is 6. The molecule has 1 aromatic rings. The van der Waals surface area contributed by atoms with Crippen molar-refractivity contribution in [2.75, 3.05) is 23.1 Å². The number of benzene rings is 1. The predicted octanol–water partition coefficient (Wildman–Crippen LogP) is 2.60. The zero-order chi connectivity index (χ0) is 14.4. The molecular formula is C14H21ClN2O2. The van der Waals surface area contributed by atoms with Gasteiger partial charge in [0, 0.05) is 23.8 Å². The molecule has 1 aromatic carbocycles. The van der Waals surface area contributed by atoms with Crippen molar-refractivity contribution in [1.29, 1.82) is 0 Å². The lowest BCUT2D eigenvalue weighted by Crippen LogP contribution is -2.21. The number of hydrogen-bond donors (Lipinski definition) is 3. The van der Waals surface area contributed by atoms with Crippen molar-refractivity contribution in [2.24, 2.45) is 5.92 Å². The van der Waals surface area contributed by atoms with Crippen molar-refractivity contribution in [3.63, 3.8) is 0 Å². The molecule has 3 N–H and O–H groups in total. The van der Waals surface area contributed by atoms with E-state index in [-0.39, 0.29) is 17.7 Å². The molecule has 19 heavy (non-hydrogen) atoms. The average molecular weight is 285 g/mol. The molecule has 0 fully saturated rings. The number of aliphatic hydroxyl groups is 1. The molecule has 4 nitrogen and oxygen atoms in total. The van der Waals surface area contributed by atoms with Crippen LogP contribution in [0.4, 0.5) is 11.4 Å². The van der Waals surface area contributed by atoms with Crippen molar-refractivity contribution in [3.8, 4) is 0 Å². The average Bonchev–Trinajstić information content (AvgIpc) is 2.38. The van der Waals surface area contributed by atoms with Gasteiger partial charge in [-0.15, -0.1) is 11.6 Å². The summed E-state index contributed by atoms with van der Waals surface area (Å²) in [6.45, 7) is 6.04. The van der Waals surface area contributed by atoms with Gasteiger partial charge in [0.25, 0.3) is 0 Å². The Morgan fingerprint density at radius 1 is 1.42 bits per heavy atom. The van der Waals surface area contributed by atoms with Crippen molar-refractivity contribution >= 4 is 28.9 Å². The van der Waals surface area contributed by atoms with Crippen LogP contribution in [0.15, 0.2) is 18.2 Å². The number of amides is 1. The van der Waals surface area contributed by atoms with Crippen LogP contribution < -0.4 is 10.6 Å². The van der Waals surface area contributed by atoms with Gasteiger partial charge >= 0.3 is 0 Å². The summed E-state index contributed by atoms with van der Waals surface area (Å²) in [4.78, 5) is 11.6. The topological polar surface area (TPSA) is 61.4 Å². The fourth-order valence-corrected chi connectivity index (χ4v) is 1.57. The van der Waals surface area contributed by atoms with Crippen LogP contribution >= 0.6 is 11.6 Å². The van der Waals surface area contributed by atoms with Crippen LogP contribution in [-0.4, -0.2) is 29.5 Å². The molecule has 0 radical (unpaired) electrons. The predicted molar refractivity (Wildman–Crippen MR) is 79.9 cm³/mol. The molecule has 0 aliphatic heterocycles. The lowest BCUT2D eigenvalue weighted by atomic mass is 10.1. The molecule has 1 rings (SSSR count). The number of carbonyl (C=O) groups excluding carboxylic acids is 1. The van der Waals surface area contributed by atoms with Crippen LogP contribution in [0.25, 0.3) is 0 Å². The number of nitrogens with one attached hydrogen (secondary N) is 2. The smallest absolute Gasteiger partial charge is 0.226 e. The Kier molecular flexibility index (Phi) is 6.12. The van der Waals surface area contributed by atoms with Gasteiger partial charge in [-0.1, -0.05) is 19.9 Å². The fourth-order valence-electron chi connectivity index (χ4n) is 1.46. The van der Waals surface area contributed by atoms with Crippen molar-refractivity contribution in [2.45, 2.75) is 26.9 Å². The zero-order valence-electron chi connectivity index (χ0n) is 11.5. The molecule has 106 valence electrons. The molecule has 0 saturated carbocycles. The highest BCUT2D eigenvalue weighted by Gasteiger charge is 2.09. The Hall–Kier alpha value is -1.26. The van der Waals surface area contributed by atoms with Crippen LogP contribution in [-0.2, 0) is 4.79 Å². The Balaban J connectivity index is 2.74. The number of hydrogen-bond acceptors (Lipinski definition) is 3. The third-order valence-electron chi connectivity index (χ3n) is 2.74. The normalized spacial score (nSPS) is 12.3. The van der Waals surface area contributed by atoms with Gasteiger partial charge in [-0.25, -0.2) is 0 Å². The maximum Gasteiger partial charge on any atom is 0.226 e. The molecule has 5 heteroatoms. The van der Waals surface area contributed by atoms with Crippen LogP contribution in [0.2, 0.25) is 0 Å². The number of carbonyl (C=O) groups is 1. The van der Waals surface area contributed by atoms with Crippen LogP contribution in [0.1, 0.15) is 19.4 Å². The van der Waals surface area contributed by atoms with E-state index in [1.165, 1.54) is 0 Å². The highest BCUT2D eigenvalue weighted by Crippen LogP contribution is 2.20. The molecule has 0 aliphatic carbocycles. The molecule has 0 spiro atoms. The minimum atomic E-state index is -0.588. The lowest BCUT2D eigenvalue weighted by molar-refractivity contribution is -0.118. The zero-order valence-corrected chi connectivity index (χ0v) is 12.3. The van der Waals surface area contributed by atoms with Crippen LogP contribution in [0, 0.1) is 12.8 Å². The van der Waals surface area contributed by atoms with Gasteiger partial charge in [-0.2, -0.15) is 0 Å². The fraction of sp³-hybridized carbons (Fsp3) is 0.500. The second-order valence-corrected chi connectivity index (χ2v) is 5.17. The second kappa shape index (κ2) is 7.36. The van der Waals surface area contributed by atoms with E-state index in [2.05, 4.69) is 10.6 Å². The molecule has 1 amide bonds. The van der Waals surface area contributed by atoms with Gasteiger partial charge in [0.2, 0.25) is 5.91 Å². The first-order valence-electron chi connectivity index (χ1n) is 6.33. The first-order chi connectivity index (χ1) is 8.93. The monoisotopic (exact) mass is 284 g/mol. The third-order valence-corrected chi connectivity index (χ3v) is 3.09. The Labute approximate surface area is 119 Å². The van der Waals surface area contributed by atoms with Crippen LogP contribution in [0.3, 0.4) is 0 Å². The molecule has 1 unspecified atom stereocenters. The number of alkyl halides is 1.